The third-order valence-electron chi connectivity index (χ3n) is 1.90. The summed E-state index contributed by atoms with van der Waals surface area (Å²) in [5.74, 6) is 0.208. The molecule has 1 amide bonds. The standard InChI is InChI=1S/C6H9NO.C3H6N2/c1-2-7-5-3-4-6(7)8;1-2-5-3-4-1/h2H,1,3-5H2;3H,1-2H2,(H,4,5). The molecule has 72 valence electrons. The van der Waals surface area contributed by atoms with E-state index in [0.29, 0.717) is 6.42 Å². The number of aliphatic imine (C=N–C) groups is 1. The van der Waals surface area contributed by atoms with E-state index in [0.717, 1.165) is 26.1 Å². The molecular weight excluding hydrogens is 166 g/mol. The normalized spacial score (nSPS) is 19.4. The Morgan fingerprint density at radius 3 is 2.77 bits per heavy atom. The Balaban J connectivity index is 0.000000145. The summed E-state index contributed by atoms with van der Waals surface area (Å²) in [5.41, 5.74) is 0. The van der Waals surface area contributed by atoms with Gasteiger partial charge in [0.25, 0.3) is 0 Å². The van der Waals surface area contributed by atoms with Crippen LogP contribution in [0.1, 0.15) is 12.8 Å². The number of carbonyl (C=O) groups excluding carboxylic acids is 1. The van der Waals surface area contributed by atoms with Crippen molar-refractivity contribution in [2.75, 3.05) is 19.6 Å². The lowest BCUT2D eigenvalue weighted by atomic mass is 10.4. The summed E-state index contributed by atoms with van der Waals surface area (Å²) < 4.78 is 0. The van der Waals surface area contributed by atoms with Crippen molar-refractivity contribution in [2.45, 2.75) is 12.8 Å². The fraction of sp³-hybridized carbons (Fsp3) is 0.556. The van der Waals surface area contributed by atoms with Gasteiger partial charge >= 0.3 is 0 Å². The molecule has 0 radical (unpaired) electrons. The average molecular weight is 181 g/mol. The number of carbonyl (C=O) groups is 1. The zero-order valence-electron chi connectivity index (χ0n) is 7.70. The number of likely N-dealkylation sites (tertiary alicyclic amines) is 1. The lowest BCUT2D eigenvalue weighted by Crippen LogP contribution is -2.16. The van der Waals surface area contributed by atoms with Crippen molar-refractivity contribution < 1.29 is 4.79 Å². The first-order valence-electron chi connectivity index (χ1n) is 4.48. The lowest BCUT2D eigenvalue weighted by Gasteiger charge is -2.05. The Kier molecular flexibility index (Phi) is 4.02. The molecule has 4 nitrogen and oxygen atoms in total. The van der Waals surface area contributed by atoms with Gasteiger partial charge in [0.05, 0.1) is 12.9 Å². The molecule has 13 heavy (non-hydrogen) atoms. The van der Waals surface area contributed by atoms with Crippen molar-refractivity contribution in [1.29, 1.82) is 0 Å². The van der Waals surface area contributed by atoms with Crippen LogP contribution < -0.4 is 5.32 Å². The maximum atomic E-state index is 10.7. The summed E-state index contributed by atoms with van der Waals surface area (Å²) in [7, 11) is 0. The van der Waals surface area contributed by atoms with Crippen LogP contribution in [0.25, 0.3) is 0 Å². The van der Waals surface area contributed by atoms with Crippen LogP contribution >= 0.6 is 0 Å². The van der Waals surface area contributed by atoms with Crippen LogP contribution in [0.15, 0.2) is 17.8 Å². The van der Waals surface area contributed by atoms with Gasteiger partial charge in [0.2, 0.25) is 5.91 Å². The summed E-state index contributed by atoms with van der Waals surface area (Å²) in [5, 5.41) is 2.93. The topological polar surface area (TPSA) is 44.7 Å². The van der Waals surface area contributed by atoms with Crippen LogP contribution in [0.4, 0.5) is 0 Å². The van der Waals surface area contributed by atoms with E-state index in [1.807, 2.05) is 0 Å². The molecule has 0 unspecified atom stereocenters. The number of hydrogen-bond donors (Lipinski definition) is 1. The van der Waals surface area contributed by atoms with Crippen LogP contribution in [-0.2, 0) is 4.79 Å². The average Bonchev–Trinajstić information content (AvgIpc) is 2.76. The molecular formula is C9H15N3O. The zero-order valence-corrected chi connectivity index (χ0v) is 7.70. The third kappa shape index (κ3) is 3.27. The predicted octanol–water partition coefficient (Wildman–Crippen LogP) is 0.370. The van der Waals surface area contributed by atoms with Gasteiger partial charge in [-0.1, -0.05) is 6.58 Å². The fourth-order valence-electron chi connectivity index (χ4n) is 1.18. The van der Waals surface area contributed by atoms with Gasteiger partial charge in [0.1, 0.15) is 0 Å². The molecule has 0 aromatic heterocycles. The Morgan fingerprint density at radius 2 is 2.54 bits per heavy atom. The second-order valence-corrected chi connectivity index (χ2v) is 2.86. The van der Waals surface area contributed by atoms with Gasteiger partial charge in [0.15, 0.2) is 0 Å². The molecule has 1 N–H and O–H groups in total. The van der Waals surface area contributed by atoms with E-state index in [-0.39, 0.29) is 5.91 Å². The van der Waals surface area contributed by atoms with Gasteiger partial charge < -0.3 is 10.2 Å². The van der Waals surface area contributed by atoms with E-state index < -0.39 is 0 Å². The first-order valence-corrected chi connectivity index (χ1v) is 4.48. The van der Waals surface area contributed by atoms with Crippen molar-refractivity contribution in [3.63, 3.8) is 0 Å². The second-order valence-electron chi connectivity index (χ2n) is 2.86. The Labute approximate surface area is 78.3 Å². The Morgan fingerprint density at radius 1 is 1.69 bits per heavy atom. The molecule has 0 spiro atoms. The highest BCUT2D eigenvalue weighted by Crippen LogP contribution is 2.08. The fourth-order valence-corrected chi connectivity index (χ4v) is 1.18. The highest BCUT2D eigenvalue weighted by molar-refractivity contribution is 5.78. The van der Waals surface area contributed by atoms with Gasteiger partial charge in [-0.2, -0.15) is 0 Å². The largest absolute Gasteiger partial charge is 0.375 e. The van der Waals surface area contributed by atoms with E-state index in [2.05, 4.69) is 16.9 Å². The van der Waals surface area contributed by atoms with Crippen LogP contribution in [-0.4, -0.2) is 36.8 Å². The summed E-state index contributed by atoms with van der Waals surface area (Å²) in [6.45, 7) is 6.35. The third-order valence-corrected chi connectivity index (χ3v) is 1.90. The second kappa shape index (κ2) is 5.35. The first kappa shape index (κ1) is 9.77. The van der Waals surface area contributed by atoms with E-state index in [9.17, 15) is 4.79 Å². The van der Waals surface area contributed by atoms with Crippen molar-refractivity contribution in [3.8, 4) is 0 Å². The number of nitrogens with zero attached hydrogens (tertiary/aromatic N) is 2. The van der Waals surface area contributed by atoms with Gasteiger partial charge in [-0.25, -0.2) is 0 Å². The van der Waals surface area contributed by atoms with Crippen LogP contribution in [0.5, 0.6) is 0 Å². The maximum Gasteiger partial charge on any atom is 0.226 e. The minimum atomic E-state index is 0.208. The van der Waals surface area contributed by atoms with Crippen molar-refractivity contribution in [3.05, 3.63) is 12.8 Å². The summed E-state index contributed by atoms with van der Waals surface area (Å²) >= 11 is 0. The molecule has 0 aliphatic carbocycles. The van der Waals surface area contributed by atoms with Crippen molar-refractivity contribution in [2.24, 2.45) is 4.99 Å². The molecule has 1 saturated heterocycles. The zero-order chi connectivity index (χ0) is 9.52. The molecule has 2 heterocycles. The van der Waals surface area contributed by atoms with Crippen molar-refractivity contribution in [1.82, 2.24) is 10.2 Å². The monoisotopic (exact) mass is 181 g/mol. The Bertz CT molecular complexity index is 207. The van der Waals surface area contributed by atoms with Gasteiger partial charge in [-0.05, 0) is 12.6 Å². The predicted molar refractivity (Wildman–Crippen MR) is 52.5 cm³/mol. The van der Waals surface area contributed by atoms with Crippen LogP contribution in [0, 0.1) is 0 Å². The molecule has 0 aromatic rings. The number of nitrogens with one attached hydrogen (secondary N) is 1. The number of rotatable bonds is 1. The van der Waals surface area contributed by atoms with E-state index in [1.165, 1.54) is 0 Å². The first-order chi connectivity index (χ1) is 6.34. The van der Waals surface area contributed by atoms with Gasteiger partial charge in [-0.15, -0.1) is 0 Å². The number of amides is 1. The van der Waals surface area contributed by atoms with E-state index in [1.54, 1.807) is 17.4 Å². The summed E-state index contributed by atoms with van der Waals surface area (Å²) in [6, 6.07) is 0. The van der Waals surface area contributed by atoms with Crippen LogP contribution in [0.2, 0.25) is 0 Å². The molecule has 0 atom stereocenters. The molecule has 0 aromatic carbocycles. The summed E-state index contributed by atoms with van der Waals surface area (Å²) in [4.78, 5) is 16.2. The summed E-state index contributed by atoms with van der Waals surface area (Å²) in [6.07, 6.45) is 5.02. The van der Waals surface area contributed by atoms with Gasteiger partial charge in [0, 0.05) is 19.5 Å². The molecule has 2 aliphatic heterocycles. The highest BCUT2D eigenvalue weighted by Gasteiger charge is 2.15. The van der Waals surface area contributed by atoms with Crippen LogP contribution in [0.3, 0.4) is 0 Å². The molecule has 0 bridgehead atoms. The molecule has 1 fully saturated rings. The molecule has 4 heteroatoms. The minimum absolute atomic E-state index is 0.208. The van der Waals surface area contributed by atoms with Crippen molar-refractivity contribution >= 4 is 12.2 Å². The number of hydrogen-bond acceptors (Lipinski definition) is 3. The quantitative estimate of drug-likeness (QED) is 0.635. The van der Waals surface area contributed by atoms with E-state index >= 15 is 0 Å². The highest BCUT2D eigenvalue weighted by atomic mass is 16.2. The molecule has 0 saturated carbocycles. The lowest BCUT2D eigenvalue weighted by molar-refractivity contribution is -0.125. The Hall–Kier alpha value is -1.32. The SMILES string of the molecule is C1=NCCN1.C=CN1CCCC1=O. The molecule has 2 rings (SSSR count). The minimum Gasteiger partial charge on any atom is -0.375 e. The van der Waals surface area contributed by atoms with Gasteiger partial charge in [-0.3, -0.25) is 9.79 Å². The molecule has 2 aliphatic rings. The maximum absolute atomic E-state index is 10.7. The smallest absolute Gasteiger partial charge is 0.226 e. The van der Waals surface area contributed by atoms with E-state index in [4.69, 9.17) is 0 Å².